The highest BCUT2D eigenvalue weighted by Gasteiger charge is 2.35. The van der Waals surface area contributed by atoms with Gasteiger partial charge in [0.05, 0.1) is 13.5 Å². The number of hydrogen-bond donors (Lipinski definition) is 2. The number of nitrogens with zero attached hydrogens (tertiary/aromatic N) is 3. The lowest BCUT2D eigenvalue weighted by Gasteiger charge is -2.34. The Labute approximate surface area is 173 Å². The Bertz CT molecular complexity index is 1040. The largest absolute Gasteiger partial charge is 0.497 e. The summed E-state index contributed by atoms with van der Waals surface area (Å²) in [5, 5.41) is 9.58. The third-order valence-electron chi connectivity index (χ3n) is 4.78. The van der Waals surface area contributed by atoms with Crippen LogP contribution in [-0.4, -0.2) is 53.2 Å². The Balaban J connectivity index is 1.49. The Kier molecular flexibility index (Phi) is 5.60. The number of amides is 3. The van der Waals surface area contributed by atoms with Gasteiger partial charge in [-0.05, 0) is 12.1 Å². The van der Waals surface area contributed by atoms with Crippen LogP contribution in [0.2, 0.25) is 0 Å². The summed E-state index contributed by atoms with van der Waals surface area (Å²) >= 11 is 0. The third-order valence-corrected chi connectivity index (χ3v) is 4.78. The van der Waals surface area contributed by atoms with Gasteiger partial charge in [0.1, 0.15) is 11.8 Å². The van der Waals surface area contributed by atoms with Crippen molar-refractivity contribution >= 4 is 17.6 Å². The molecule has 1 saturated heterocycles. The molecule has 2 heterocycles. The number of ether oxygens (including phenoxy) is 1. The second-order valence-corrected chi connectivity index (χ2v) is 6.74. The smallest absolute Gasteiger partial charge is 0.322 e. The summed E-state index contributed by atoms with van der Waals surface area (Å²) < 4.78 is 10.5. The second-order valence-electron chi connectivity index (χ2n) is 6.74. The molecule has 1 atom stereocenters. The number of methoxy groups -OCH3 is 1. The van der Waals surface area contributed by atoms with E-state index in [1.807, 2.05) is 30.3 Å². The molecule has 1 unspecified atom stereocenters. The first-order chi connectivity index (χ1) is 14.6. The maximum absolute atomic E-state index is 12.9. The first-order valence-corrected chi connectivity index (χ1v) is 9.51. The average molecular weight is 407 g/mol. The van der Waals surface area contributed by atoms with Crippen molar-refractivity contribution < 1.29 is 18.8 Å². The molecular formula is C21H21N5O4. The Hall–Kier alpha value is -3.88. The van der Waals surface area contributed by atoms with Gasteiger partial charge < -0.3 is 24.8 Å². The van der Waals surface area contributed by atoms with Crippen LogP contribution in [0.3, 0.4) is 0 Å². The van der Waals surface area contributed by atoms with Crippen molar-refractivity contribution in [2.75, 3.05) is 25.5 Å². The number of carbonyl (C=O) groups excluding carboxylic acids is 2. The molecule has 1 aromatic heterocycles. The predicted molar refractivity (Wildman–Crippen MR) is 109 cm³/mol. The van der Waals surface area contributed by atoms with E-state index in [4.69, 9.17) is 9.26 Å². The molecule has 1 aliphatic rings. The highest BCUT2D eigenvalue weighted by atomic mass is 16.5. The Morgan fingerprint density at radius 1 is 1.27 bits per heavy atom. The number of anilines is 1. The van der Waals surface area contributed by atoms with Crippen LogP contribution >= 0.6 is 0 Å². The first-order valence-electron chi connectivity index (χ1n) is 9.51. The van der Waals surface area contributed by atoms with E-state index in [-0.39, 0.29) is 24.2 Å². The topological polar surface area (TPSA) is 110 Å². The van der Waals surface area contributed by atoms with E-state index in [2.05, 4.69) is 20.8 Å². The fourth-order valence-electron chi connectivity index (χ4n) is 3.26. The Morgan fingerprint density at radius 2 is 2.10 bits per heavy atom. The van der Waals surface area contributed by atoms with Gasteiger partial charge in [-0.1, -0.05) is 41.6 Å². The molecule has 0 saturated carbocycles. The molecule has 154 valence electrons. The standard InChI is InChI=1S/C21H21N5O4/c1-29-16-9-5-8-15(12-16)23-21(28)26-11-10-22-20(27)17(26)13-18-24-19(25-30-18)14-6-3-2-4-7-14/h2-9,12,17H,10-11,13H2,1H3,(H,22,27)(H,23,28). The van der Waals surface area contributed by atoms with Crippen molar-refractivity contribution in [3.63, 3.8) is 0 Å². The van der Waals surface area contributed by atoms with Gasteiger partial charge >= 0.3 is 6.03 Å². The minimum Gasteiger partial charge on any atom is -0.497 e. The molecule has 2 aromatic carbocycles. The van der Waals surface area contributed by atoms with Crippen molar-refractivity contribution in [2.45, 2.75) is 12.5 Å². The van der Waals surface area contributed by atoms with E-state index in [0.717, 1.165) is 5.56 Å². The lowest BCUT2D eigenvalue weighted by Crippen LogP contribution is -2.59. The van der Waals surface area contributed by atoms with Crippen LogP contribution in [0.4, 0.5) is 10.5 Å². The monoisotopic (exact) mass is 407 g/mol. The highest BCUT2D eigenvalue weighted by Crippen LogP contribution is 2.20. The van der Waals surface area contributed by atoms with Crippen LogP contribution in [0.25, 0.3) is 11.4 Å². The van der Waals surface area contributed by atoms with E-state index in [0.29, 0.717) is 30.4 Å². The van der Waals surface area contributed by atoms with Crippen molar-refractivity contribution in [1.29, 1.82) is 0 Å². The van der Waals surface area contributed by atoms with E-state index in [1.54, 1.807) is 31.4 Å². The number of piperazine rings is 1. The summed E-state index contributed by atoms with van der Waals surface area (Å²) in [5.74, 6) is 1.09. The van der Waals surface area contributed by atoms with Crippen LogP contribution in [0.15, 0.2) is 59.1 Å². The molecule has 4 rings (SSSR count). The van der Waals surface area contributed by atoms with Gasteiger partial charge in [0.2, 0.25) is 17.6 Å². The molecule has 30 heavy (non-hydrogen) atoms. The van der Waals surface area contributed by atoms with Crippen LogP contribution < -0.4 is 15.4 Å². The fraction of sp³-hybridized carbons (Fsp3) is 0.238. The first kappa shape index (κ1) is 19.4. The van der Waals surface area contributed by atoms with Gasteiger partial charge in [0, 0.05) is 30.4 Å². The van der Waals surface area contributed by atoms with E-state index in [1.165, 1.54) is 4.90 Å². The lowest BCUT2D eigenvalue weighted by atomic mass is 10.1. The molecule has 1 fully saturated rings. The van der Waals surface area contributed by atoms with Gasteiger partial charge in [0.15, 0.2) is 0 Å². The van der Waals surface area contributed by atoms with Gasteiger partial charge in [0.25, 0.3) is 0 Å². The molecule has 2 N–H and O–H groups in total. The number of rotatable bonds is 5. The third kappa shape index (κ3) is 4.24. The van der Waals surface area contributed by atoms with Crippen LogP contribution in [0.5, 0.6) is 5.75 Å². The molecule has 1 aliphatic heterocycles. The summed E-state index contributed by atoms with van der Waals surface area (Å²) in [5.41, 5.74) is 1.39. The minimum absolute atomic E-state index is 0.122. The molecule has 3 amide bonds. The number of benzene rings is 2. The number of carbonyl (C=O) groups is 2. The maximum atomic E-state index is 12.9. The average Bonchev–Trinajstić information content (AvgIpc) is 3.24. The zero-order chi connectivity index (χ0) is 20.9. The Morgan fingerprint density at radius 3 is 2.90 bits per heavy atom. The number of hydrogen-bond acceptors (Lipinski definition) is 6. The predicted octanol–water partition coefficient (Wildman–Crippen LogP) is 2.32. The van der Waals surface area contributed by atoms with Crippen molar-refractivity contribution in [3.8, 4) is 17.1 Å². The number of aromatic nitrogens is 2. The molecule has 9 nitrogen and oxygen atoms in total. The van der Waals surface area contributed by atoms with Crippen molar-refractivity contribution in [3.05, 3.63) is 60.5 Å². The van der Waals surface area contributed by atoms with Crippen molar-refractivity contribution in [2.24, 2.45) is 0 Å². The van der Waals surface area contributed by atoms with Gasteiger partial charge in [-0.15, -0.1) is 0 Å². The van der Waals surface area contributed by atoms with Crippen LogP contribution in [0.1, 0.15) is 5.89 Å². The summed E-state index contributed by atoms with van der Waals surface area (Å²) in [6.45, 7) is 0.742. The summed E-state index contributed by atoms with van der Waals surface area (Å²) in [4.78, 5) is 31.2. The molecular weight excluding hydrogens is 386 g/mol. The lowest BCUT2D eigenvalue weighted by molar-refractivity contribution is -0.127. The molecule has 0 spiro atoms. The molecule has 0 radical (unpaired) electrons. The van der Waals surface area contributed by atoms with E-state index >= 15 is 0 Å². The zero-order valence-electron chi connectivity index (χ0n) is 16.4. The summed E-state index contributed by atoms with van der Waals surface area (Å²) in [7, 11) is 1.56. The highest BCUT2D eigenvalue weighted by molar-refractivity contribution is 5.94. The van der Waals surface area contributed by atoms with E-state index < -0.39 is 6.04 Å². The SMILES string of the molecule is COc1cccc(NC(=O)N2CCNC(=O)C2Cc2nc(-c3ccccc3)no2)c1. The molecule has 0 bridgehead atoms. The maximum Gasteiger partial charge on any atom is 0.322 e. The van der Waals surface area contributed by atoms with Crippen molar-refractivity contribution in [1.82, 2.24) is 20.4 Å². The number of urea groups is 1. The van der Waals surface area contributed by atoms with Crippen LogP contribution in [0, 0.1) is 0 Å². The zero-order valence-corrected chi connectivity index (χ0v) is 16.4. The van der Waals surface area contributed by atoms with Gasteiger partial charge in [-0.25, -0.2) is 4.79 Å². The van der Waals surface area contributed by atoms with Gasteiger partial charge in [-0.2, -0.15) is 4.98 Å². The minimum atomic E-state index is -0.756. The van der Waals surface area contributed by atoms with E-state index in [9.17, 15) is 9.59 Å². The molecule has 0 aliphatic carbocycles. The fourth-order valence-corrected chi connectivity index (χ4v) is 3.26. The number of nitrogens with one attached hydrogen (secondary N) is 2. The second kappa shape index (κ2) is 8.64. The summed E-state index contributed by atoms with van der Waals surface area (Å²) in [6, 6.07) is 15.3. The molecule has 9 heteroatoms. The molecule has 3 aromatic rings. The summed E-state index contributed by atoms with van der Waals surface area (Å²) in [6.07, 6.45) is 0.122. The quantitative estimate of drug-likeness (QED) is 0.672. The van der Waals surface area contributed by atoms with Gasteiger partial charge in [-0.3, -0.25) is 4.79 Å². The van der Waals surface area contributed by atoms with Crippen LogP contribution in [-0.2, 0) is 11.2 Å². The normalized spacial score (nSPS) is 16.1.